The van der Waals surface area contributed by atoms with Gasteiger partial charge in [0, 0.05) is 6.04 Å². The highest BCUT2D eigenvalue weighted by Crippen LogP contribution is 2.20. The summed E-state index contributed by atoms with van der Waals surface area (Å²) in [5.74, 6) is 0.534. The van der Waals surface area contributed by atoms with Gasteiger partial charge < -0.3 is 10.6 Å². The predicted octanol–water partition coefficient (Wildman–Crippen LogP) is 3.93. The second kappa shape index (κ2) is 8.55. The molecule has 25 heavy (non-hydrogen) atoms. The molecule has 1 fully saturated rings. The zero-order chi connectivity index (χ0) is 17.5. The van der Waals surface area contributed by atoms with Crippen LogP contribution in [0.25, 0.3) is 0 Å². The summed E-state index contributed by atoms with van der Waals surface area (Å²) < 4.78 is 13.1. The Bertz CT molecular complexity index is 697. The topological polar surface area (TPSA) is 66.9 Å². The maximum atomic E-state index is 13.1. The number of carbonyl (C=O) groups is 1. The molecule has 0 bridgehead atoms. The van der Waals surface area contributed by atoms with Crippen LogP contribution in [0.2, 0.25) is 0 Å². The molecule has 1 aromatic carbocycles. The first-order valence-corrected chi connectivity index (χ1v) is 8.83. The molecule has 1 aromatic heterocycles. The lowest BCUT2D eigenvalue weighted by Crippen LogP contribution is -2.20. The predicted molar refractivity (Wildman–Crippen MR) is 95.9 cm³/mol. The van der Waals surface area contributed by atoms with Crippen LogP contribution in [0.3, 0.4) is 0 Å². The summed E-state index contributed by atoms with van der Waals surface area (Å²) in [6.45, 7) is 0. The number of amides is 1. The molecule has 1 aliphatic carbocycles. The summed E-state index contributed by atoms with van der Waals surface area (Å²) in [6.07, 6.45) is 7.53. The number of aromatic nitrogens is 2. The summed E-state index contributed by atoms with van der Waals surface area (Å²) in [7, 11) is 0. The molecule has 1 aliphatic rings. The molecule has 0 spiro atoms. The number of benzene rings is 1. The first-order valence-electron chi connectivity index (χ1n) is 8.83. The number of hydrogen-bond acceptors (Lipinski definition) is 4. The Morgan fingerprint density at radius 2 is 1.76 bits per heavy atom. The fourth-order valence-electron chi connectivity index (χ4n) is 3.13. The van der Waals surface area contributed by atoms with E-state index in [4.69, 9.17) is 0 Å². The van der Waals surface area contributed by atoms with Crippen molar-refractivity contribution in [2.75, 3.05) is 10.6 Å². The van der Waals surface area contributed by atoms with E-state index in [0.29, 0.717) is 17.4 Å². The number of rotatable bonds is 5. The molecule has 132 valence electrons. The van der Waals surface area contributed by atoms with Crippen LogP contribution in [0.5, 0.6) is 0 Å². The van der Waals surface area contributed by atoms with Gasteiger partial charge in [-0.25, -0.2) is 4.39 Å². The molecule has 0 saturated heterocycles. The first kappa shape index (κ1) is 17.3. The number of nitrogens with zero attached hydrogens (tertiary/aromatic N) is 2. The van der Waals surface area contributed by atoms with Gasteiger partial charge in [-0.15, -0.1) is 10.2 Å². The van der Waals surface area contributed by atoms with Gasteiger partial charge in [0.25, 0.3) is 0 Å². The fraction of sp³-hybridized carbons (Fsp3) is 0.421. The van der Waals surface area contributed by atoms with E-state index < -0.39 is 0 Å². The number of halogens is 1. The van der Waals surface area contributed by atoms with Crippen LogP contribution in [0.1, 0.15) is 44.1 Å². The second-order valence-electron chi connectivity index (χ2n) is 6.49. The van der Waals surface area contributed by atoms with Gasteiger partial charge >= 0.3 is 0 Å². The van der Waals surface area contributed by atoms with Gasteiger partial charge in [0.2, 0.25) is 5.91 Å². The van der Waals surface area contributed by atoms with E-state index in [1.54, 1.807) is 18.2 Å². The van der Waals surface area contributed by atoms with E-state index in [2.05, 4.69) is 20.8 Å². The van der Waals surface area contributed by atoms with E-state index >= 15 is 0 Å². The lowest BCUT2D eigenvalue weighted by molar-refractivity contribution is -0.115. The summed E-state index contributed by atoms with van der Waals surface area (Å²) in [6, 6.07) is 10.0. The van der Waals surface area contributed by atoms with E-state index in [1.165, 1.54) is 37.8 Å². The Hall–Kier alpha value is -2.50. The molecule has 1 heterocycles. The highest BCUT2D eigenvalue weighted by atomic mass is 19.1. The van der Waals surface area contributed by atoms with Crippen LogP contribution in [0, 0.1) is 5.82 Å². The molecular weight excluding hydrogens is 319 g/mol. The van der Waals surface area contributed by atoms with Crippen LogP contribution in [-0.2, 0) is 11.2 Å². The van der Waals surface area contributed by atoms with Gasteiger partial charge in [-0.1, -0.05) is 37.8 Å². The monoisotopic (exact) mass is 342 g/mol. The van der Waals surface area contributed by atoms with Crippen LogP contribution >= 0.6 is 0 Å². The minimum atomic E-state index is -0.348. The maximum absolute atomic E-state index is 13.1. The minimum absolute atomic E-state index is 0.0987. The highest BCUT2D eigenvalue weighted by molar-refractivity contribution is 5.91. The zero-order valence-corrected chi connectivity index (χ0v) is 14.2. The van der Waals surface area contributed by atoms with Gasteiger partial charge in [0.05, 0.1) is 6.42 Å². The SMILES string of the molecule is O=C(Cc1cccc(F)c1)Nc1ccc(NC2CCCCCC2)nn1. The summed E-state index contributed by atoms with van der Waals surface area (Å²) in [4.78, 5) is 12.0. The van der Waals surface area contributed by atoms with Crippen molar-refractivity contribution >= 4 is 17.5 Å². The first-order chi connectivity index (χ1) is 12.2. The Labute approximate surface area is 147 Å². The highest BCUT2D eigenvalue weighted by Gasteiger charge is 2.13. The Kier molecular flexibility index (Phi) is 5.93. The van der Waals surface area contributed by atoms with Crippen molar-refractivity contribution in [2.45, 2.75) is 51.0 Å². The normalized spacial score (nSPS) is 15.4. The summed E-state index contributed by atoms with van der Waals surface area (Å²) >= 11 is 0. The number of nitrogens with one attached hydrogen (secondary N) is 2. The lowest BCUT2D eigenvalue weighted by atomic mass is 10.1. The molecule has 6 heteroatoms. The van der Waals surface area contributed by atoms with Gasteiger partial charge in [-0.2, -0.15) is 0 Å². The smallest absolute Gasteiger partial charge is 0.229 e. The van der Waals surface area contributed by atoms with Gasteiger partial charge in [0.15, 0.2) is 5.82 Å². The third-order valence-corrected chi connectivity index (χ3v) is 4.39. The van der Waals surface area contributed by atoms with Crippen molar-refractivity contribution in [1.82, 2.24) is 10.2 Å². The molecule has 3 rings (SSSR count). The third kappa shape index (κ3) is 5.52. The molecule has 2 aromatic rings. The van der Waals surface area contributed by atoms with Gasteiger partial charge in [0.1, 0.15) is 11.6 Å². The minimum Gasteiger partial charge on any atom is -0.366 e. The molecule has 0 radical (unpaired) electrons. The van der Waals surface area contributed by atoms with Crippen molar-refractivity contribution < 1.29 is 9.18 Å². The Balaban J connectivity index is 1.52. The third-order valence-electron chi connectivity index (χ3n) is 4.39. The quantitative estimate of drug-likeness (QED) is 0.808. The van der Waals surface area contributed by atoms with Crippen LogP contribution in [0.4, 0.5) is 16.0 Å². The van der Waals surface area contributed by atoms with Crippen molar-refractivity contribution in [3.63, 3.8) is 0 Å². The molecule has 0 aliphatic heterocycles. The molecule has 5 nitrogen and oxygen atoms in total. The lowest BCUT2D eigenvalue weighted by Gasteiger charge is -2.16. The standard InChI is InChI=1S/C19H23FN4O/c20-15-7-5-6-14(12-15)13-19(25)22-18-11-10-17(23-24-18)21-16-8-3-1-2-4-9-16/h5-7,10-12,16H,1-4,8-9,13H2,(H,21,23)(H,22,24,25). The Morgan fingerprint density at radius 1 is 1.04 bits per heavy atom. The van der Waals surface area contributed by atoms with E-state index in [-0.39, 0.29) is 18.1 Å². The molecule has 1 saturated carbocycles. The number of hydrogen-bond donors (Lipinski definition) is 2. The number of anilines is 2. The fourth-order valence-corrected chi connectivity index (χ4v) is 3.13. The summed E-state index contributed by atoms with van der Waals surface area (Å²) in [5.41, 5.74) is 0.622. The van der Waals surface area contributed by atoms with Crippen molar-refractivity contribution in [3.8, 4) is 0 Å². The largest absolute Gasteiger partial charge is 0.366 e. The molecule has 0 unspecified atom stereocenters. The molecular formula is C19H23FN4O. The molecule has 2 N–H and O–H groups in total. The summed E-state index contributed by atoms with van der Waals surface area (Å²) in [5, 5.41) is 14.3. The van der Waals surface area contributed by atoms with Crippen molar-refractivity contribution in [1.29, 1.82) is 0 Å². The zero-order valence-electron chi connectivity index (χ0n) is 14.2. The van der Waals surface area contributed by atoms with Crippen LogP contribution in [0.15, 0.2) is 36.4 Å². The molecule has 0 atom stereocenters. The molecule has 1 amide bonds. The maximum Gasteiger partial charge on any atom is 0.229 e. The van der Waals surface area contributed by atoms with E-state index in [0.717, 1.165) is 18.7 Å². The average Bonchev–Trinajstić information content (AvgIpc) is 2.85. The van der Waals surface area contributed by atoms with Gasteiger partial charge in [-0.3, -0.25) is 4.79 Å². The average molecular weight is 342 g/mol. The van der Waals surface area contributed by atoms with Crippen LogP contribution in [-0.4, -0.2) is 22.1 Å². The van der Waals surface area contributed by atoms with Crippen molar-refractivity contribution in [3.05, 3.63) is 47.8 Å². The van der Waals surface area contributed by atoms with Crippen LogP contribution < -0.4 is 10.6 Å². The van der Waals surface area contributed by atoms with E-state index in [9.17, 15) is 9.18 Å². The van der Waals surface area contributed by atoms with Gasteiger partial charge in [-0.05, 0) is 42.7 Å². The number of carbonyl (C=O) groups excluding carboxylic acids is 1. The van der Waals surface area contributed by atoms with E-state index in [1.807, 2.05) is 6.07 Å². The van der Waals surface area contributed by atoms with Crippen molar-refractivity contribution in [2.24, 2.45) is 0 Å². The second-order valence-corrected chi connectivity index (χ2v) is 6.49. The Morgan fingerprint density at radius 3 is 2.44 bits per heavy atom.